The number of para-hydroxylation sites is 2. The first-order valence-corrected chi connectivity index (χ1v) is 13.0. The molecule has 0 radical (unpaired) electrons. The van der Waals surface area contributed by atoms with Crippen molar-refractivity contribution >= 4 is 23.1 Å². The van der Waals surface area contributed by atoms with E-state index < -0.39 is 12.0 Å². The van der Waals surface area contributed by atoms with Gasteiger partial charge in [0.15, 0.2) is 17.3 Å². The van der Waals surface area contributed by atoms with E-state index in [9.17, 15) is 9.59 Å². The fourth-order valence-electron chi connectivity index (χ4n) is 5.34. The Kier molecular flexibility index (Phi) is 6.74. The maximum Gasteiger partial charge on any atom is 0.308 e. The molecule has 1 aliphatic carbocycles. The van der Waals surface area contributed by atoms with Crippen molar-refractivity contribution in [1.82, 2.24) is 0 Å². The molecule has 6 nitrogen and oxygen atoms in total. The molecule has 0 saturated heterocycles. The molecule has 0 amide bonds. The van der Waals surface area contributed by atoms with Gasteiger partial charge < -0.3 is 20.1 Å². The fraction of sp³-hybridized carbons (Fsp3) is 0.312. The zero-order valence-corrected chi connectivity index (χ0v) is 22.6. The van der Waals surface area contributed by atoms with Gasteiger partial charge in [0.2, 0.25) is 0 Å². The van der Waals surface area contributed by atoms with Crippen LogP contribution in [0, 0.1) is 0 Å². The van der Waals surface area contributed by atoms with Crippen LogP contribution >= 0.6 is 0 Å². The number of allylic oxidation sites excluding steroid dienone is 1. The van der Waals surface area contributed by atoms with Gasteiger partial charge in [0, 0.05) is 24.6 Å². The molecule has 2 aliphatic rings. The van der Waals surface area contributed by atoms with Crippen LogP contribution in [0.5, 0.6) is 11.5 Å². The average Bonchev–Trinajstić information content (AvgIpc) is 3.05. The minimum atomic E-state index is -0.421. The number of Topliss-reactive ketones (excluding diaryl/α,β-unsaturated/α-hetero) is 1. The monoisotopic (exact) mass is 510 g/mol. The molecular formula is C32H34N2O4. The van der Waals surface area contributed by atoms with E-state index in [4.69, 9.17) is 9.47 Å². The molecule has 5 rings (SSSR count). The SMILES string of the molecule is COc1cc(C2Nc3ccccc3NC3=C2C(=O)CC(c2ccc(C(C)(C)C)cc2)C3)ccc1OC(C)=O. The molecule has 196 valence electrons. The summed E-state index contributed by atoms with van der Waals surface area (Å²) in [4.78, 5) is 25.4. The number of hydrogen-bond donors (Lipinski definition) is 2. The number of methoxy groups -OCH3 is 1. The van der Waals surface area contributed by atoms with Crippen molar-refractivity contribution in [3.05, 3.63) is 94.7 Å². The van der Waals surface area contributed by atoms with Crippen molar-refractivity contribution in [2.45, 2.75) is 57.9 Å². The number of carbonyl (C=O) groups is 2. The lowest BCUT2D eigenvalue weighted by molar-refractivity contribution is -0.132. The Morgan fingerprint density at radius 3 is 2.24 bits per heavy atom. The summed E-state index contributed by atoms with van der Waals surface area (Å²) in [6.45, 7) is 7.97. The second kappa shape index (κ2) is 10.0. The quantitative estimate of drug-likeness (QED) is 0.294. The van der Waals surface area contributed by atoms with E-state index in [2.05, 4.69) is 55.7 Å². The Bertz CT molecular complexity index is 1420. The third-order valence-corrected chi connectivity index (χ3v) is 7.33. The summed E-state index contributed by atoms with van der Waals surface area (Å²) in [6.07, 6.45) is 1.16. The molecule has 0 spiro atoms. The Hall–Kier alpha value is -4.06. The third kappa shape index (κ3) is 5.03. The van der Waals surface area contributed by atoms with Crippen LogP contribution in [0.4, 0.5) is 11.4 Å². The molecule has 2 unspecified atom stereocenters. The smallest absolute Gasteiger partial charge is 0.308 e. The molecule has 6 heteroatoms. The summed E-state index contributed by atoms with van der Waals surface area (Å²) in [7, 11) is 1.54. The van der Waals surface area contributed by atoms with E-state index in [1.165, 1.54) is 25.2 Å². The van der Waals surface area contributed by atoms with E-state index in [0.717, 1.165) is 34.6 Å². The minimum absolute atomic E-state index is 0.0775. The fourth-order valence-corrected chi connectivity index (χ4v) is 5.34. The zero-order valence-electron chi connectivity index (χ0n) is 22.6. The predicted molar refractivity (Wildman–Crippen MR) is 150 cm³/mol. The van der Waals surface area contributed by atoms with E-state index in [-0.39, 0.29) is 17.1 Å². The minimum Gasteiger partial charge on any atom is -0.493 e. The van der Waals surface area contributed by atoms with Gasteiger partial charge >= 0.3 is 5.97 Å². The summed E-state index contributed by atoms with van der Waals surface area (Å²) >= 11 is 0. The van der Waals surface area contributed by atoms with Crippen molar-refractivity contribution in [2.24, 2.45) is 0 Å². The van der Waals surface area contributed by atoms with Crippen LogP contribution in [0.15, 0.2) is 78.0 Å². The normalized spacial score (nSPS) is 18.9. The number of hydrogen-bond acceptors (Lipinski definition) is 6. The van der Waals surface area contributed by atoms with Crippen molar-refractivity contribution < 1.29 is 19.1 Å². The predicted octanol–water partition coefficient (Wildman–Crippen LogP) is 6.90. The lowest BCUT2D eigenvalue weighted by Gasteiger charge is -2.30. The number of rotatable bonds is 4. The van der Waals surface area contributed by atoms with Gasteiger partial charge in [0.25, 0.3) is 0 Å². The second-order valence-corrected chi connectivity index (χ2v) is 11.0. The van der Waals surface area contributed by atoms with Crippen LogP contribution in [0.1, 0.15) is 69.2 Å². The first kappa shape index (κ1) is 25.6. The highest BCUT2D eigenvalue weighted by Crippen LogP contribution is 2.45. The van der Waals surface area contributed by atoms with E-state index in [0.29, 0.717) is 17.9 Å². The number of nitrogens with one attached hydrogen (secondary N) is 2. The van der Waals surface area contributed by atoms with Crippen LogP contribution in [0.2, 0.25) is 0 Å². The maximum atomic E-state index is 13.9. The van der Waals surface area contributed by atoms with Crippen LogP contribution in [-0.4, -0.2) is 18.9 Å². The molecule has 2 atom stereocenters. The number of fused-ring (bicyclic) bond motifs is 1. The Labute approximate surface area is 224 Å². The van der Waals surface area contributed by atoms with Crippen LogP contribution in [0.25, 0.3) is 0 Å². The summed E-state index contributed by atoms with van der Waals surface area (Å²) in [5, 5.41) is 7.18. The van der Waals surface area contributed by atoms with Gasteiger partial charge in [0.05, 0.1) is 24.5 Å². The average molecular weight is 511 g/mol. The molecule has 0 fully saturated rings. The number of ether oxygens (including phenoxy) is 2. The van der Waals surface area contributed by atoms with E-state index in [1.54, 1.807) is 6.07 Å². The highest BCUT2D eigenvalue weighted by molar-refractivity contribution is 6.01. The largest absolute Gasteiger partial charge is 0.493 e. The molecule has 0 saturated carbocycles. The lowest BCUT2D eigenvalue weighted by Crippen LogP contribution is -2.27. The molecular weight excluding hydrogens is 476 g/mol. The highest BCUT2D eigenvalue weighted by atomic mass is 16.6. The Morgan fingerprint density at radius 1 is 0.895 bits per heavy atom. The highest BCUT2D eigenvalue weighted by Gasteiger charge is 2.36. The van der Waals surface area contributed by atoms with Gasteiger partial charge in [-0.3, -0.25) is 9.59 Å². The third-order valence-electron chi connectivity index (χ3n) is 7.33. The molecule has 0 aromatic heterocycles. The Morgan fingerprint density at radius 2 is 1.58 bits per heavy atom. The van der Waals surface area contributed by atoms with Gasteiger partial charge in [0.1, 0.15) is 0 Å². The van der Waals surface area contributed by atoms with Gasteiger partial charge in [-0.15, -0.1) is 0 Å². The van der Waals surface area contributed by atoms with Gasteiger partial charge in [-0.05, 0) is 58.7 Å². The number of benzene rings is 3. The number of anilines is 2. The number of esters is 1. The molecule has 0 bridgehead atoms. The van der Waals surface area contributed by atoms with Crippen LogP contribution < -0.4 is 20.1 Å². The maximum absolute atomic E-state index is 13.9. The topological polar surface area (TPSA) is 76.7 Å². The second-order valence-electron chi connectivity index (χ2n) is 11.0. The molecule has 3 aromatic carbocycles. The summed E-state index contributed by atoms with van der Waals surface area (Å²) in [5.41, 5.74) is 6.88. The standard InChI is InChI=1S/C32H34N2O4/c1-19(35)38-28-15-12-21(18-29(28)37-5)31-30-26(33-24-8-6-7-9-25(24)34-31)16-22(17-27(30)36)20-10-13-23(14-11-20)32(2,3)4/h6-15,18,22,31,33-34H,16-17H2,1-5H3. The Balaban J connectivity index is 1.55. The van der Waals surface area contributed by atoms with Crippen molar-refractivity contribution in [3.63, 3.8) is 0 Å². The molecule has 38 heavy (non-hydrogen) atoms. The first-order chi connectivity index (χ1) is 18.1. The van der Waals surface area contributed by atoms with Crippen molar-refractivity contribution in [2.75, 3.05) is 17.7 Å². The van der Waals surface area contributed by atoms with Crippen molar-refractivity contribution in [1.29, 1.82) is 0 Å². The molecule has 1 heterocycles. The molecule has 2 N–H and O–H groups in total. The zero-order chi connectivity index (χ0) is 27.0. The van der Waals surface area contributed by atoms with Gasteiger partial charge in [-0.1, -0.05) is 63.2 Å². The van der Waals surface area contributed by atoms with Gasteiger partial charge in [-0.2, -0.15) is 0 Å². The number of ketones is 1. The van der Waals surface area contributed by atoms with Crippen molar-refractivity contribution in [3.8, 4) is 11.5 Å². The molecule has 1 aliphatic heterocycles. The number of carbonyl (C=O) groups excluding carboxylic acids is 2. The van der Waals surface area contributed by atoms with E-state index in [1.807, 2.05) is 36.4 Å². The lowest BCUT2D eigenvalue weighted by atomic mass is 9.77. The molecule has 3 aromatic rings. The summed E-state index contributed by atoms with van der Waals surface area (Å²) in [5.74, 6) is 0.563. The van der Waals surface area contributed by atoms with Crippen LogP contribution in [-0.2, 0) is 15.0 Å². The summed E-state index contributed by atoms with van der Waals surface area (Å²) < 4.78 is 10.8. The van der Waals surface area contributed by atoms with Crippen LogP contribution in [0.3, 0.4) is 0 Å². The first-order valence-electron chi connectivity index (χ1n) is 13.0. The van der Waals surface area contributed by atoms with Gasteiger partial charge in [-0.25, -0.2) is 0 Å². The van der Waals surface area contributed by atoms with E-state index >= 15 is 0 Å². The summed E-state index contributed by atoms with van der Waals surface area (Å²) in [6, 6.07) is 21.7.